The smallest absolute Gasteiger partial charge is 0.291 e. The van der Waals surface area contributed by atoms with Gasteiger partial charge in [0.1, 0.15) is 17.7 Å². The maximum atomic E-state index is 13.5. The number of nitrogens with zero attached hydrogens (tertiary/aromatic N) is 8. The number of aromatic nitrogens is 5. The quantitative estimate of drug-likeness (QED) is 0.326. The number of ether oxygens (including phenoxy) is 1. The minimum Gasteiger partial charge on any atom is -0.380 e. The maximum absolute atomic E-state index is 13.5. The highest BCUT2D eigenvalue weighted by molar-refractivity contribution is 7.89. The molecule has 218 valence electrons. The molecule has 0 spiro atoms. The van der Waals surface area contributed by atoms with Crippen LogP contribution < -0.4 is 9.62 Å². The van der Waals surface area contributed by atoms with Crippen LogP contribution in [0.25, 0.3) is 27.1 Å². The van der Waals surface area contributed by atoms with Crippen LogP contribution in [0.1, 0.15) is 24.3 Å². The molecule has 4 aromatic rings. The summed E-state index contributed by atoms with van der Waals surface area (Å²) in [4.78, 5) is 25.5. The van der Waals surface area contributed by atoms with E-state index in [-0.39, 0.29) is 21.9 Å². The van der Waals surface area contributed by atoms with Gasteiger partial charge in [0.15, 0.2) is 10.7 Å². The molecule has 5 heterocycles. The molecule has 1 saturated carbocycles. The van der Waals surface area contributed by atoms with Gasteiger partial charge in [-0.15, -0.1) is 10.2 Å². The highest BCUT2D eigenvalue weighted by atomic mass is 32.2. The number of halogens is 2. The SMILES string of the molecule is N#CC1(NS(=O)(=O)c2ccc3c4c(N5CCN(C(=O)C6COC6)CC5)ncnc4n(-c4nnc(C(F)F)s4)c3c2)CC1. The fraction of sp³-hybridized carbons (Fsp3) is 0.440. The van der Waals surface area contributed by atoms with E-state index in [4.69, 9.17) is 4.74 Å². The van der Waals surface area contributed by atoms with Gasteiger partial charge in [0, 0.05) is 31.6 Å². The molecular weight excluding hydrogens is 592 g/mol. The standard InChI is InChI=1S/C25H23F2N9O4S2/c26-19(27)22-31-32-24(41-22)36-17-9-15(42(38,39)33-25(12-28)3-4-25)1-2-16(17)18-20(29-13-30-21(18)36)34-5-7-35(8-6-34)23(37)14-10-40-11-14/h1-2,9,13-14,19,33H,3-8,10-11H2. The normalized spacial score (nSPS) is 18.9. The number of carbonyl (C=O) groups is 1. The number of hydrogen-bond acceptors (Lipinski definition) is 11. The number of carbonyl (C=O) groups excluding carboxylic acids is 1. The van der Waals surface area contributed by atoms with Crippen molar-refractivity contribution in [2.24, 2.45) is 5.92 Å². The van der Waals surface area contributed by atoms with Crippen molar-refractivity contribution in [1.82, 2.24) is 34.4 Å². The van der Waals surface area contributed by atoms with Crippen LogP contribution in [0.5, 0.6) is 0 Å². The zero-order chi connectivity index (χ0) is 29.2. The van der Waals surface area contributed by atoms with E-state index in [2.05, 4.69) is 24.9 Å². The Morgan fingerprint density at radius 2 is 1.93 bits per heavy atom. The van der Waals surface area contributed by atoms with Crippen molar-refractivity contribution in [3.63, 3.8) is 0 Å². The number of amides is 1. The molecule has 3 fully saturated rings. The van der Waals surface area contributed by atoms with Gasteiger partial charge in [0.2, 0.25) is 21.1 Å². The van der Waals surface area contributed by atoms with Crippen molar-refractivity contribution in [1.29, 1.82) is 5.26 Å². The van der Waals surface area contributed by atoms with Crippen LogP contribution in [0.4, 0.5) is 14.6 Å². The summed E-state index contributed by atoms with van der Waals surface area (Å²) in [5, 5.41) is 17.8. The molecule has 2 saturated heterocycles. The van der Waals surface area contributed by atoms with Gasteiger partial charge < -0.3 is 14.5 Å². The van der Waals surface area contributed by atoms with Crippen molar-refractivity contribution in [3.8, 4) is 11.2 Å². The molecule has 1 aliphatic carbocycles. The lowest BCUT2D eigenvalue weighted by molar-refractivity contribution is -0.150. The Balaban J connectivity index is 1.33. The summed E-state index contributed by atoms with van der Waals surface area (Å²) in [6.07, 6.45) is -0.646. The Labute approximate surface area is 241 Å². The predicted octanol–water partition coefficient (Wildman–Crippen LogP) is 1.99. The maximum Gasteiger partial charge on any atom is 0.291 e. The monoisotopic (exact) mass is 615 g/mol. The summed E-state index contributed by atoms with van der Waals surface area (Å²) in [7, 11) is -4.08. The Morgan fingerprint density at radius 3 is 2.55 bits per heavy atom. The summed E-state index contributed by atoms with van der Waals surface area (Å²) in [5.74, 6) is 0.535. The lowest BCUT2D eigenvalue weighted by Crippen LogP contribution is -2.53. The molecule has 7 rings (SSSR count). The van der Waals surface area contributed by atoms with Gasteiger partial charge in [0.05, 0.1) is 41.0 Å². The van der Waals surface area contributed by atoms with Crippen LogP contribution in [0, 0.1) is 17.2 Å². The Kier molecular flexibility index (Phi) is 6.34. The zero-order valence-electron chi connectivity index (χ0n) is 21.9. The lowest BCUT2D eigenvalue weighted by atomic mass is 10.1. The molecular formula is C25H23F2N9O4S2. The summed E-state index contributed by atoms with van der Waals surface area (Å²) >= 11 is 0.675. The number of alkyl halides is 2. The molecule has 42 heavy (non-hydrogen) atoms. The Morgan fingerprint density at radius 1 is 1.17 bits per heavy atom. The van der Waals surface area contributed by atoms with Gasteiger partial charge >= 0.3 is 0 Å². The predicted molar refractivity (Wildman–Crippen MR) is 146 cm³/mol. The number of sulfonamides is 1. The summed E-state index contributed by atoms with van der Waals surface area (Å²) in [6.45, 7) is 2.85. The Bertz CT molecular complexity index is 1870. The fourth-order valence-electron chi connectivity index (χ4n) is 5.26. The van der Waals surface area contributed by atoms with Gasteiger partial charge in [0.25, 0.3) is 6.43 Å². The molecule has 0 atom stereocenters. The average molecular weight is 616 g/mol. The summed E-state index contributed by atoms with van der Waals surface area (Å²) < 4.78 is 62.6. The van der Waals surface area contributed by atoms with Crippen LogP contribution in [0.3, 0.4) is 0 Å². The highest BCUT2D eigenvalue weighted by Gasteiger charge is 2.47. The first-order valence-electron chi connectivity index (χ1n) is 13.2. The van der Waals surface area contributed by atoms with E-state index in [9.17, 15) is 27.3 Å². The molecule has 1 amide bonds. The molecule has 1 N–H and O–H groups in total. The number of rotatable bonds is 7. The molecule has 0 radical (unpaired) electrons. The van der Waals surface area contributed by atoms with Gasteiger partial charge in [-0.25, -0.2) is 27.2 Å². The minimum atomic E-state index is -4.08. The fourth-order valence-corrected chi connectivity index (χ4v) is 7.37. The summed E-state index contributed by atoms with van der Waals surface area (Å²) in [5.41, 5.74) is -0.429. The molecule has 3 aromatic heterocycles. The molecule has 1 aromatic carbocycles. The van der Waals surface area contributed by atoms with E-state index in [1.165, 1.54) is 23.0 Å². The van der Waals surface area contributed by atoms with Crippen molar-refractivity contribution in [3.05, 3.63) is 29.5 Å². The Hall–Kier alpha value is -3.85. The van der Waals surface area contributed by atoms with E-state index in [0.29, 0.717) is 91.3 Å². The number of hydrogen-bond donors (Lipinski definition) is 1. The summed E-state index contributed by atoms with van der Waals surface area (Å²) in [6, 6.07) is 6.48. The van der Waals surface area contributed by atoms with Gasteiger partial charge in [-0.05, 0) is 25.0 Å². The molecule has 3 aliphatic rings. The third-order valence-corrected chi connectivity index (χ3v) is 10.2. The van der Waals surface area contributed by atoms with Gasteiger partial charge in [-0.2, -0.15) is 9.98 Å². The van der Waals surface area contributed by atoms with Crippen LogP contribution in [0.15, 0.2) is 29.4 Å². The third kappa shape index (κ3) is 4.45. The lowest BCUT2D eigenvalue weighted by Gasteiger charge is -2.38. The van der Waals surface area contributed by atoms with E-state index in [1.807, 2.05) is 15.9 Å². The van der Waals surface area contributed by atoms with Crippen molar-refractivity contribution in [2.75, 3.05) is 44.3 Å². The van der Waals surface area contributed by atoms with E-state index in [0.717, 1.165) is 0 Å². The van der Waals surface area contributed by atoms with E-state index in [1.54, 1.807) is 6.07 Å². The minimum absolute atomic E-state index is 0.0724. The second kappa shape index (κ2) is 9.87. The second-order valence-corrected chi connectivity index (χ2v) is 13.1. The highest BCUT2D eigenvalue weighted by Crippen LogP contribution is 2.40. The number of nitrogens with one attached hydrogen (secondary N) is 1. The van der Waals surface area contributed by atoms with E-state index >= 15 is 0 Å². The molecule has 2 aliphatic heterocycles. The average Bonchev–Trinajstić information content (AvgIpc) is 3.39. The number of nitriles is 1. The first-order valence-corrected chi connectivity index (χ1v) is 15.5. The first-order chi connectivity index (χ1) is 20.2. The molecule has 0 unspecified atom stereocenters. The number of anilines is 1. The molecule has 17 heteroatoms. The number of benzene rings is 1. The second-order valence-electron chi connectivity index (χ2n) is 10.5. The molecule has 0 bridgehead atoms. The number of fused-ring (bicyclic) bond motifs is 3. The number of piperazine rings is 1. The zero-order valence-corrected chi connectivity index (χ0v) is 23.5. The van der Waals surface area contributed by atoms with Crippen LogP contribution in [-0.4, -0.2) is 88.9 Å². The largest absolute Gasteiger partial charge is 0.380 e. The topological polar surface area (TPSA) is 159 Å². The van der Waals surface area contributed by atoms with Crippen molar-refractivity contribution < 1.29 is 26.7 Å². The van der Waals surface area contributed by atoms with Crippen LogP contribution >= 0.6 is 11.3 Å². The van der Waals surface area contributed by atoms with Crippen LogP contribution in [-0.2, 0) is 19.6 Å². The van der Waals surface area contributed by atoms with Crippen molar-refractivity contribution >= 4 is 55.0 Å². The molecule has 13 nitrogen and oxygen atoms in total. The first kappa shape index (κ1) is 27.0. The van der Waals surface area contributed by atoms with E-state index < -0.39 is 27.0 Å². The third-order valence-electron chi connectivity index (χ3n) is 7.79. The van der Waals surface area contributed by atoms with Crippen LogP contribution in [0.2, 0.25) is 0 Å². The van der Waals surface area contributed by atoms with Gasteiger partial charge in [-0.1, -0.05) is 17.4 Å². The van der Waals surface area contributed by atoms with Crippen molar-refractivity contribution in [2.45, 2.75) is 29.7 Å². The van der Waals surface area contributed by atoms with Gasteiger partial charge in [-0.3, -0.25) is 9.36 Å².